The SMILES string of the molecule is CC.Cc1cccc(C)c1CCNCc1ccccc1C#N. The minimum absolute atomic E-state index is 0.745. The predicted octanol–water partition coefficient (Wildman–Crippen LogP) is 4.53. The standard InChI is InChI=1S/C18H20N2.C2H6/c1-14-6-5-7-15(2)18(14)10-11-20-13-17-9-4-3-8-16(17)12-19;1-2/h3-9,20H,10-11,13H2,1-2H3;1-2H3. The summed E-state index contributed by atoms with van der Waals surface area (Å²) in [7, 11) is 0. The normalized spacial score (nSPS) is 9.59. The molecule has 0 aliphatic rings. The average molecular weight is 294 g/mol. The Labute approximate surface area is 134 Å². The van der Waals surface area contributed by atoms with Gasteiger partial charge in [0.05, 0.1) is 11.6 Å². The maximum absolute atomic E-state index is 9.05. The minimum atomic E-state index is 0.745. The zero-order valence-corrected chi connectivity index (χ0v) is 14.1. The van der Waals surface area contributed by atoms with E-state index in [1.165, 1.54) is 16.7 Å². The first-order valence-corrected chi connectivity index (χ1v) is 7.96. The molecule has 0 fully saturated rings. The Morgan fingerprint density at radius 1 is 0.955 bits per heavy atom. The van der Waals surface area contributed by atoms with Gasteiger partial charge in [0.15, 0.2) is 0 Å². The van der Waals surface area contributed by atoms with Crippen LogP contribution in [-0.4, -0.2) is 6.54 Å². The maximum Gasteiger partial charge on any atom is 0.0995 e. The number of hydrogen-bond acceptors (Lipinski definition) is 2. The van der Waals surface area contributed by atoms with Crippen molar-refractivity contribution >= 4 is 0 Å². The molecule has 0 radical (unpaired) electrons. The Hall–Kier alpha value is -2.11. The first kappa shape index (κ1) is 17.9. The van der Waals surface area contributed by atoms with Gasteiger partial charge in [-0.2, -0.15) is 5.26 Å². The number of rotatable bonds is 5. The molecule has 1 N–H and O–H groups in total. The second-order valence-corrected chi connectivity index (χ2v) is 5.07. The Kier molecular flexibility index (Phi) is 7.96. The molecule has 0 amide bonds. The fourth-order valence-electron chi connectivity index (χ4n) is 2.46. The number of nitriles is 1. The second kappa shape index (κ2) is 9.76. The van der Waals surface area contributed by atoms with Gasteiger partial charge in [-0.25, -0.2) is 0 Å². The Morgan fingerprint density at radius 3 is 2.23 bits per heavy atom. The first-order chi connectivity index (χ1) is 10.7. The summed E-state index contributed by atoms with van der Waals surface area (Å²) in [5.41, 5.74) is 5.95. The second-order valence-electron chi connectivity index (χ2n) is 5.07. The molecule has 2 aromatic carbocycles. The van der Waals surface area contributed by atoms with Gasteiger partial charge in [-0.05, 0) is 55.1 Å². The summed E-state index contributed by atoms with van der Waals surface area (Å²) >= 11 is 0. The van der Waals surface area contributed by atoms with E-state index in [-0.39, 0.29) is 0 Å². The molecule has 0 spiro atoms. The molecule has 0 saturated carbocycles. The van der Waals surface area contributed by atoms with Crippen LogP contribution in [0, 0.1) is 25.2 Å². The third-order valence-corrected chi connectivity index (χ3v) is 3.65. The van der Waals surface area contributed by atoms with E-state index < -0.39 is 0 Å². The van der Waals surface area contributed by atoms with E-state index in [0.717, 1.165) is 30.6 Å². The maximum atomic E-state index is 9.05. The minimum Gasteiger partial charge on any atom is -0.312 e. The van der Waals surface area contributed by atoms with E-state index >= 15 is 0 Å². The highest BCUT2D eigenvalue weighted by Crippen LogP contribution is 2.13. The van der Waals surface area contributed by atoms with Crippen LogP contribution in [0.15, 0.2) is 42.5 Å². The molecule has 22 heavy (non-hydrogen) atoms. The first-order valence-electron chi connectivity index (χ1n) is 7.96. The molecule has 2 rings (SSSR count). The number of nitrogens with zero attached hydrogens (tertiary/aromatic N) is 1. The van der Waals surface area contributed by atoms with Crippen molar-refractivity contribution in [2.24, 2.45) is 0 Å². The van der Waals surface area contributed by atoms with Gasteiger partial charge in [-0.3, -0.25) is 0 Å². The lowest BCUT2D eigenvalue weighted by Crippen LogP contribution is -2.18. The van der Waals surface area contributed by atoms with E-state index in [1.54, 1.807) is 0 Å². The van der Waals surface area contributed by atoms with Gasteiger partial charge >= 0.3 is 0 Å². The van der Waals surface area contributed by atoms with Crippen molar-refractivity contribution in [3.63, 3.8) is 0 Å². The Bertz CT molecular complexity index is 604. The molecule has 0 atom stereocenters. The number of benzene rings is 2. The average Bonchev–Trinajstić information content (AvgIpc) is 2.56. The van der Waals surface area contributed by atoms with Crippen molar-refractivity contribution < 1.29 is 0 Å². The Balaban J connectivity index is 0.00000116. The molecule has 0 saturated heterocycles. The van der Waals surface area contributed by atoms with E-state index in [0.29, 0.717) is 0 Å². The molecule has 0 aliphatic heterocycles. The van der Waals surface area contributed by atoms with Gasteiger partial charge in [-0.15, -0.1) is 0 Å². The van der Waals surface area contributed by atoms with Crippen molar-refractivity contribution in [1.29, 1.82) is 5.26 Å². The van der Waals surface area contributed by atoms with Crippen LogP contribution in [0.1, 0.15) is 41.7 Å². The van der Waals surface area contributed by atoms with E-state index in [1.807, 2.05) is 38.1 Å². The lowest BCUT2D eigenvalue weighted by Gasteiger charge is -2.11. The summed E-state index contributed by atoms with van der Waals surface area (Å²) in [6.07, 6.45) is 1.02. The number of aryl methyl sites for hydroxylation is 2. The molecule has 116 valence electrons. The summed E-state index contributed by atoms with van der Waals surface area (Å²) in [6, 6.07) is 16.4. The van der Waals surface area contributed by atoms with Crippen LogP contribution in [0.4, 0.5) is 0 Å². The molecule has 0 aromatic heterocycles. The van der Waals surface area contributed by atoms with Gasteiger partial charge in [0, 0.05) is 6.54 Å². The molecule has 0 heterocycles. The van der Waals surface area contributed by atoms with Gasteiger partial charge in [0.2, 0.25) is 0 Å². The molecular weight excluding hydrogens is 268 g/mol. The molecule has 2 aromatic rings. The van der Waals surface area contributed by atoms with Crippen molar-refractivity contribution in [3.05, 3.63) is 70.3 Å². The fourth-order valence-corrected chi connectivity index (χ4v) is 2.46. The molecule has 2 nitrogen and oxygen atoms in total. The van der Waals surface area contributed by atoms with Crippen LogP contribution in [0.2, 0.25) is 0 Å². The Morgan fingerprint density at radius 2 is 1.59 bits per heavy atom. The zero-order chi connectivity index (χ0) is 16.4. The summed E-state index contributed by atoms with van der Waals surface area (Å²) in [5.74, 6) is 0. The van der Waals surface area contributed by atoms with Crippen molar-refractivity contribution in [2.75, 3.05) is 6.54 Å². The van der Waals surface area contributed by atoms with Gasteiger partial charge in [0.25, 0.3) is 0 Å². The third-order valence-electron chi connectivity index (χ3n) is 3.65. The molecule has 0 unspecified atom stereocenters. The molecule has 0 bridgehead atoms. The van der Waals surface area contributed by atoms with Gasteiger partial charge in [-0.1, -0.05) is 50.2 Å². The van der Waals surface area contributed by atoms with Crippen molar-refractivity contribution in [2.45, 2.75) is 40.7 Å². The van der Waals surface area contributed by atoms with Crippen LogP contribution in [-0.2, 0) is 13.0 Å². The number of nitrogens with one attached hydrogen (secondary N) is 1. The highest BCUT2D eigenvalue weighted by molar-refractivity contribution is 5.37. The molecule has 0 aliphatic carbocycles. The summed E-state index contributed by atoms with van der Waals surface area (Å²) in [6.45, 7) is 9.99. The van der Waals surface area contributed by atoms with E-state index in [4.69, 9.17) is 5.26 Å². The predicted molar refractivity (Wildman–Crippen MR) is 93.8 cm³/mol. The van der Waals surface area contributed by atoms with Crippen LogP contribution < -0.4 is 5.32 Å². The van der Waals surface area contributed by atoms with Gasteiger partial charge < -0.3 is 5.32 Å². The van der Waals surface area contributed by atoms with Crippen molar-refractivity contribution in [3.8, 4) is 6.07 Å². The van der Waals surface area contributed by atoms with Crippen LogP contribution >= 0.6 is 0 Å². The summed E-state index contributed by atoms with van der Waals surface area (Å²) in [5, 5.41) is 12.5. The fraction of sp³-hybridized carbons (Fsp3) is 0.350. The van der Waals surface area contributed by atoms with Crippen LogP contribution in [0.3, 0.4) is 0 Å². The van der Waals surface area contributed by atoms with Crippen LogP contribution in [0.5, 0.6) is 0 Å². The quantitative estimate of drug-likeness (QED) is 0.822. The lowest BCUT2D eigenvalue weighted by atomic mass is 10.00. The monoisotopic (exact) mass is 294 g/mol. The third kappa shape index (κ3) is 5.02. The largest absolute Gasteiger partial charge is 0.312 e. The van der Waals surface area contributed by atoms with E-state index in [2.05, 4.69) is 43.4 Å². The number of hydrogen-bond donors (Lipinski definition) is 1. The molecule has 2 heteroatoms. The highest BCUT2D eigenvalue weighted by Gasteiger charge is 2.03. The zero-order valence-electron chi connectivity index (χ0n) is 14.1. The summed E-state index contributed by atoms with van der Waals surface area (Å²) in [4.78, 5) is 0. The van der Waals surface area contributed by atoms with Crippen molar-refractivity contribution in [1.82, 2.24) is 5.32 Å². The van der Waals surface area contributed by atoms with Gasteiger partial charge in [0.1, 0.15) is 0 Å². The molecular formula is C20H26N2. The topological polar surface area (TPSA) is 35.8 Å². The van der Waals surface area contributed by atoms with E-state index in [9.17, 15) is 0 Å². The van der Waals surface area contributed by atoms with Crippen LogP contribution in [0.25, 0.3) is 0 Å². The highest BCUT2D eigenvalue weighted by atomic mass is 14.8. The summed E-state index contributed by atoms with van der Waals surface area (Å²) < 4.78 is 0. The smallest absolute Gasteiger partial charge is 0.0995 e. The lowest BCUT2D eigenvalue weighted by molar-refractivity contribution is 0.683.